The molecule has 0 aliphatic heterocycles. The van der Waals surface area contributed by atoms with Crippen molar-refractivity contribution in [3.63, 3.8) is 0 Å². The van der Waals surface area contributed by atoms with E-state index in [1.165, 1.54) is 10.4 Å². The molecule has 2 amide bonds. The molecule has 0 saturated heterocycles. The third kappa shape index (κ3) is 9.46. The van der Waals surface area contributed by atoms with E-state index in [4.69, 9.17) is 23.2 Å². The van der Waals surface area contributed by atoms with Crippen molar-refractivity contribution in [1.82, 2.24) is 10.2 Å². The van der Waals surface area contributed by atoms with Crippen LogP contribution in [-0.4, -0.2) is 50.0 Å². The predicted molar refractivity (Wildman–Crippen MR) is 174 cm³/mol. The number of amides is 2. The Hall–Kier alpha value is -3.07. The number of carbonyl (C=O) groups is 2. The first kappa shape index (κ1) is 32.8. The lowest BCUT2D eigenvalue weighted by atomic mass is 10.0. The number of halogens is 2. The molecule has 3 aromatic rings. The van der Waals surface area contributed by atoms with Crippen LogP contribution < -0.4 is 9.62 Å². The van der Waals surface area contributed by atoms with Crippen LogP contribution in [0.2, 0.25) is 10.0 Å². The van der Waals surface area contributed by atoms with Crippen LogP contribution in [-0.2, 0) is 32.6 Å². The monoisotopic (exact) mass is 643 g/mol. The lowest BCUT2D eigenvalue weighted by molar-refractivity contribution is -0.141. The minimum absolute atomic E-state index is 0.0284. The van der Waals surface area contributed by atoms with E-state index in [0.29, 0.717) is 11.4 Å². The fraction of sp³-hybridized carbons (Fsp3) is 0.394. The molecule has 0 aromatic heterocycles. The average Bonchev–Trinajstić information content (AvgIpc) is 3.48. The van der Waals surface area contributed by atoms with E-state index in [9.17, 15) is 18.0 Å². The van der Waals surface area contributed by atoms with Crippen molar-refractivity contribution in [2.75, 3.05) is 17.1 Å². The summed E-state index contributed by atoms with van der Waals surface area (Å²) in [6, 6.07) is 21.6. The molecule has 1 N–H and O–H groups in total. The van der Waals surface area contributed by atoms with Gasteiger partial charge in [0.05, 0.1) is 17.0 Å². The van der Waals surface area contributed by atoms with Gasteiger partial charge in [0.1, 0.15) is 6.04 Å². The Balaban J connectivity index is 1.59. The maximum atomic E-state index is 14.0. The third-order valence-corrected chi connectivity index (χ3v) is 9.51. The van der Waals surface area contributed by atoms with Crippen LogP contribution in [0.15, 0.2) is 72.8 Å². The van der Waals surface area contributed by atoms with Crippen molar-refractivity contribution < 1.29 is 18.0 Å². The van der Waals surface area contributed by atoms with Gasteiger partial charge < -0.3 is 10.2 Å². The van der Waals surface area contributed by atoms with Crippen LogP contribution >= 0.6 is 23.2 Å². The lowest BCUT2D eigenvalue weighted by Crippen LogP contribution is -2.52. The number of sulfonamides is 1. The summed E-state index contributed by atoms with van der Waals surface area (Å²) < 4.78 is 26.6. The summed E-state index contributed by atoms with van der Waals surface area (Å²) >= 11 is 12.5. The van der Waals surface area contributed by atoms with E-state index in [1.807, 2.05) is 61.5 Å². The largest absolute Gasteiger partial charge is 0.352 e. The minimum atomic E-state index is -3.71. The number of nitrogens with one attached hydrogen (secondary N) is 1. The van der Waals surface area contributed by atoms with Gasteiger partial charge in [0.2, 0.25) is 21.8 Å². The molecule has 4 rings (SSSR count). The van der Waals surface area contributed by atoms with Gasteiger partial charge >= 0.3 is 0 Å². The predicted octanol–water partition coefficient (Wildman–Crippen LogP) is 6.55. The lowest BCUT2D eigenvalue weighted by Gasteiger charge is -2.33. The van der Waals surface area contributed by atoms with Gasteiger partial charge in [-0.05, 0) is 55.5 Å². The first-order valence-electron chi connectivity index (χ1n) is 14.6. The van der Waals surface area contributed by atoms with Gasteiger partial charge in [0, 0.05) is 37.0 Å². The van der Waals surface area contributed by atoms with Crippen LogP contribution in [0.4, 0.5) is 5.69 Å². The maximum Gasteiger partial charge on any atom is 0.243 e. The summed E-state index contributed by atoms with van der Waals surface area (Å²) in [5, 5.41) is 3.81. The molecule has 0 unspecified atom stereocenters. The molecule has 7 nitrogen and oxygen atoms in total. The Labute approximate surface area is 265 Å². The minimum Gasteiger partial charge on any atom is -0.352 e. The van der Waals surface area contributed by atoms with E-state index >= 15 is 0 Å². The highest BCUT2D eigenvalue weighted by Crippen LogP contribution is 2.31. The second-order valence-corrected chi connectivity index (χ2v) is 14.0. The molecular formula is C33H39Cl2N3O4S. The Morgan fingerprint density at radius 3 is 2.28 bits per heavy atom. The summed E-state index contributed by atoms with van der Waals surface area (Å²) in [5.41, 5.74) is 3.23. The molecule has 10 heteroatoms. The molecule has 0 heterocycles. The molecule has 230 valence electrons. The summed E-state index contributed by atoms with van der Waals surface area (Å²) in [5.74, 6) is -0.395. The Morgan fingerprint density at radius 1 is 0.953 bits per heavy atom. The second-order valence-electron chi connectivity index (χ2n) is 11.2. The molecular weight excluding hydrogens is 605 g/mol. The van der Waals surface area contributed by atoms with Crippen LogP contribution in [0.25, 0.3) is 0 Å². The smallest absolute Gasteiger partial charge is 0.243 e. The van der Waals surface area contributed by atoms with Gasteiger partial charge in [-0.15, -0.1) is 0 Å². The van der Waals surface area contributed by atoms with Gasteiger partial charge in [0.15, 0.2) is 0 Å². The molecule has 3 aromatic carbocycles. The van der Waals surface area contributed by atoms with E-state index < -0.39 is 16.1 Å². The number of rotatable bonds is 13. The third-order valence-electron chi connectivity index (χ3n) is 7.78. The zero-order valence-corrected chi connectivity index (χ0v) is 27.0. The standard InChI is InChI=1S/C33H39Cl2N3O4S/c1-24-14-16-26(17-15-24)23-37(31(21-25-9-4-3-5-10-25)33(40)36-28-11-6-7-12-28)32(39)13-8-20-38(43(2,41)42)30-22-27(34)18-19-29(30)35/h3-5,9-10,14-19,22,28,31H,6-8,11-13,20-21,23H2,1-2H3,(H,36,40)/t31-/m1/s1. The van der Waals surface area contributed by atoms with Gasteiger partial charge in [-0.25, -0.2) is 8.42 Å². The Bertz CT molecular complexity index is 1490. The summed E-state index contributed by atoms with van der Waals surface area (Å²) in [7, 11) is -3.71. The van der Waals surface area contributed by atoms with Crippen LogP contribution in [0.1, 0.15) is 55.2 Å². The van der Waals surface area contributed by atoms with E-state index in [1.54, 1.807) is 17.0 Å². The summed E-state index contributed by atoms with van der Waals surface area (Å²) in [6.07, 6.45) is 5.75. The topological polar surface area (TPSA) is 86.8 Å². The van der Waals surface area contributed by atoms with Crippen molar-refractivity contribution in [1.29, 1.82) is 0 Å². The van der Waals surface area contributed by atoms with Crippen molar-refractivity contribution >= 4 is 50.7 Å². The highest BCUT2D eigenvalue weighted by atomic mass is 35.5. The number of anilines is 1. The highest BCUT2D eigenvalue weighted by molar-refractivity contribution is 7.92. The fourth-order valence-electron chi connectivity index (χ4n) is 5.47. The van der Waals surface area contributed by atoms with E-state index in [2.05, 4.69) is 5.32 Å². The highest BCUT2D eigenvalue weighted by Gasteiger charge is 2.32. The maximum absolute atomic E-state index is 14.0. The van der Waals surface area contributed by atoms with Crippen LogP contribution in [0, 0.1) is 6.92 Å². The molecule has 0 radical (unpaired) electrons. The van der Waals surface area contributed by atoms with Gasteiger partial charge in [0.25, 0.3) is 0 Å². The first-order chi connectivity index (χ1) is 20.5. The van der Waals surface area contributed by atoms with Crippen LogP contribution in [0.5, 0.6) is 0 Å². The van der Waals surface area contributed by atoms with E-state index in [-0.39, 0.29) is 54.5 Å². The fourth-order valence-corrected chi connectivity index (χ4v) is 6.88. The SMILES string of the molecule is Cc1ccc(CN(C(=O)CCCN(c2cc(Cl)ccc2Cl)S(C)(=O)=O)[C@H](Cc2ccccc2)C(=O)NC2CCCC2)cc1. The molecule has 1 aliphatic rings. The van der Waals surface area contributed by atoms with Gasteiger partial charge in [-0.1, -0.05) is 96.2 Å². The molecule has 0 spiro atoms. The zero-order chi connectivity index (χ0) is 31.0. The Kier molecular flexibility index (Phi) is 11.5. The molecule has 0 bridgehead atoms. The number of carbonyl (C=O) groups excluding carboxylic acids is 2. The number of hydrogen-bond acceptors (Lipinski definition) is 4. The molecule has 1 aliphatic carbocycles. The Morgan fingerprint density at radius 2 is 1.63 bits per heavy atom. The normalized spacial score (nSPS) is 14.3. The van der Waals surface area contributed by atoms with Crippen molar-refractivity contribution in [2.24, 2.45) is 0 Å². The number of hydrogen-bond donors (Lipinski definition) is 1. The number of nitrogens with zero attached hydrogens (tertiary/aromatic N) is 2. The van der Waals surface area contributed by atoms with Crippen LogP contribution in [0.3, 0.4) is 0 Å². The molecule has 43 heavy (non-hydrogen) atoms. The zero-order valence-electron chi connectivity index (χ0n) is 24.6. The van der Waals surface area contributed by atoms with Crippen molar-refractivity contribution in [2.45, 2.75) is 70.5 Å². The quantitative estimate of drug-likeness (QED) is 0.229. The molecule has 1 saturated carbocycles. The van der Waals surface area contributed by atoms with Crippen molar-refractivity contribution in [3.8, 4) is 0 Å². The van der Waals surface area contributed by atoms with Gasteiger partial charge in [-0.2, -0.15) is 0 Å². The van der Waals surface area contributed by atoms with E-state index in [0.717, 1.165) is 48.6 Å². The average molecular weight is 645 g/mol. The molecule has 1 fully saturated rings. The second kappa shape index (κ2) is 15.1. The number of benzene rings is 3. The molecule has 1 atom stereocenters. The van der Waals surface area contributed by atoms with Gasteiger partial charge in [-0.3, -0.25) is 13.9 Å². The van der Waals surface area contributed by atoms with Crippen molar-refractivity contribution in [3.05, 3.63) is 99.5 Å². The first-order valence-corrected chi connectivity index (χ1v) is 17.2. The summed E-state index contributed by atoms with van der Waals surface area (Å²) in [6.45, 7) is 2.28. The number of aryl methyl sites for hydroxylation is 1. The summed E-state index contributed by atoms with van der Waals surface area (Å²) in [4.78, 5) is 29.5.